The maximum atomic E-state index is 12.0. The fraction of sp³-hybridized carbons (Fsp3) is 0.240. The molecule has 0 heterocycles. The minimum atomic E-state index is -0.464. The summed E-state index contributed by atoms with van der Waals surface area (Å²) in [4.78, 5) is 12.0. The Hall–Kier alpha value is -3.31. The zero-order valence-electron chi connectivity index (χ0n) is 16.8. The number of para-hydroxylation sites is 2. The molecule has 1 amide bonds. The van der Waals surface area contributed by atoms with Crippen LogP contribution in [-0.2, 0) is 0 Å². The third-order valence-electron chi connectivity index (χ3n) is 5.51. The van der Waals surface area contributed by atoms with Crippen molar-refractivity contribution in [3.05, 3.63) is 78.4 Å². The van der Waals surface area contributed by atoms with Crippen molar-refractivity contribution in [1.82, 2.24) is 0 Å². The van der Waals surface area contributed by atoms with E-state index in [0.717, 1.165) is 54.0 Å². The Morgan fingerprint density at radius 2 is 1.63 bits per heavy atom. The number of nitrogens with one attached hydrogen (secondary N) is 1. The Labute approximate surface area is 176 Å². The van der Waals surface area contributed by atoms with Crippen LogP contribution >= 0.6 is 0 Å². The number of benzene rings is 3. The van der Waals surface area contributed by atoms with E-state index in [1.807, 2.05) is 66.7 Å². The fourth-order valence-corrected chi connectivity index (χ4v) is 3.90. The van der Waals surface area contributed by atoms with Crippen LogP contribution in [0.15, 0.2) is 72.8 Å². The number of hydrogen-bond donors (Lipinski definition) is 3. The Kier molecular flexibility index (Phi) is 6.00. The number of primary amides is 1. The van der Waals surface area contributed by atoms with Crippen LogP contribution in [0, 0.1) is 0 Å². The number of carbonyl (C=O) groups is 1. The molecule has 30 heavy (non-hydrogen) atoms. The van der Waals surface area contributed by atoms with Crippen molar-refractivity contribution in [2.45, 2.75) is 37.8 Å². The first-order chi connectivity index (χ1) is 14.6. The fourth-order valence-electron chi connectivity index (χ4n) is 3.90. The van der Waals surface area contributed by atoms with Gasteiger partial charge in [-0.1, -0.05) is 42.5 Å². The number of aliphatic hydroxyl groups excluding tert-OH is 1. The first-order valence-corrected chi connectivity index (χ1v) is 10.3. The molecule has 0 unspecified atom stereocenters. The van der Waals surface area contributed by atoms with E-state index in [-0.39, 0.29) is 12.1 Å². The quantitative estimate of drug-likeness (QED) is 0.544. The zero-order valence-corrected chi connectivity index (χ0v) is 16.8. The molecule has 3 aromatic rings. The Morgan fingerprint density at radius 1 is 0.933 bits per heavy atom. The van der Waals surface area contributed by atoms with Crippen molar-refractivity contribution < 1.29 is 14.6 Å². The third kappa shape index (κ3) is 4.63. The van der Waals surface area contributed by atoms with Gasteiger partial charge in [-0.2, -0.15) is 0 Å². The standard InChI is InChI=1S/C25H26N2O3/c26-25(29)22-15-10-17(16-23(22)27-18-11-13-19(28)14-12-18)21-8-4-5-9-24(21)30-20-6-2-1-3-7-20/h1-10,15-16,18-19,27-28H,11-14H2,(H2,26,29). The molecule has 3 aromatic carbocycles. The van der Waals surface area contributed by atoms with E-state index in [9.17, 15) is 9.90 Å². The molecule has 5 heteroatoms. The first kappa shape index (κ1) is 20.0. The average molecular weight is 402 g/mol. The number of rotatable bonds is 6. The van der Waals surface area contributed by atoms with Gasteiger partial charge in [0.25, 0.3) is 5.91 Å². The van der Waals surface area contributed by atoms with Gasteiger partial charge in [0.05, 0.1) is 11.7 Å². The second kappa shape index (κ2) is 9.01. The lowest BCUT2D eigenvalue weighted by molar-refractivity contribution is 0.100. The summed E-state index contributed by atoms with van der Waals surface area (Å²) in [5.41, 5.74) is 8.67. The summed E-state index contributed by atoms with van der Waals surface area (Å²) in [6.07, 6.45) is 3.01. The van der Waals surface area contributed by atoms with Gasteiger partial charge in [-0.3, -0.25) is 4.79 Å². The van der Waals surface area contributed by atoms with Gasteiger partial charge in [-0.05, 0) is 61.6 Å². The van der Waals surface area contributed by atoms with Crippen LogP contribution in [0.25, 0.3) is 11.1 Å². The van der Waals surface area contributed by atoms with Crippen molar-refractivity contribution in [2.24, 2.45) is 5.73 Å². The van der Waals surface area contributed by atoms with Crippen LogP contribution < -0.4 is 15.8 Å². The smallest absolute Gasteiger partial charge is 0.250 e. The second-order valence-corrected chi connectivity index (χ2v) is 7.69. The zero-order chi connectivity index (χ0) is 20.9. The summed E-state index contributed by atoms with van der Waals surface area (Å²) < 4.78 is 6.10. The van der Waals surface area contributed by atoms with Gasteiger partial charge < -0.3 is 20.9 Å². The van der Waals surface area contributed by atoms with Crippen LogP contribution in [0.2, 0.25) is 0 Å². The molecular weight excluding hydrogens is 376 g/mol. The van der Waals surface area contributed by atoms with Crippen LogP contribution in [0.3, 0.4) is 0 Å². The predicted octanol–water partition coefficient (Wildman–Crippen LogP) is 4.96. The number of amides is 1. The number of hydrogen-bond acceptors (Lipinski definition) is 4. The summed E-state index contributed by atoms with van der Waals surface area (Å²) >= 11 is 0. The molecule has 1 fully saturated rings. The summed E-state index contributed by atoms with van der Waals surface area (Å²) in [5.74, 6) is 1.04. The molecule has 0 saturated heterocycles. The van der Waals surface area contributed by atoms with Crippen LogP contribution in [0.5, 0.6) is 11.5 Å². The van der Waals surface area contributed by atoms with E-state index in [0.29, 0.717) is 5.56 Å². The molecule has 154 valence electrons. The monoisotopic (exact) mass is 402 g/mol. The van der Waals surface area contributed by atoms with Crippen molar-refractivity contribution in [1.29, 1.82) is 0 Å². The maximum Gasteiger partial charge on any atom is 0.250 e. The topological polar surface area (TPSA) is 84.6 Å². The SMILES string of the molecule is NC(=O)c1ccc(-c2ccccc2Oc2ccccc2)cc1NC1CCC(O)CC1. The maximum absolute atomic E-state index is 12.0. The van der Waals surface area contributed by atoms with Crippen molar-refractivity contribution in [3.63, 3.8) is 0 Å². The molecule has 4 rings (SSSR count). The molecule has 1 aliphatic carbocycles. The number of anilines is 1. The summed E-state index contributed by atoms with van der Waals surface area (Å²) in [7, 11) is 0. The molecule has 0 bridgehead atoms. The minimum absolute atomic E-state index is 0.206. The molecule has 0 spiro atoms. The Bertz CT molecular complexity index is 1010. The van der Waals surface area contributed by atoms with E-state index in [1.165, 1.54) is 0 Å². The third-order valence-corrected chi connectivity index (χ3v) is 5.51. The van der Waals surface area contributed by atoms with Gasteiger partial charge in [-0.15, -0.1) is 0 Å². The highest BCUT2D eigenvalue weighted by Gasteiger charge is 2.21. The van der Waals surface area contributed by atoms with E-state index >= 15 is 0 Å². The molecule has 1 aliphatic rings. The molecule has 0 atom stereocenters. The Balaban J connectivity index is 1.66. The molecular formula is C25H26N2O3. The highest BCUT2D eigenvalue weighted by Crippen LogP contribution is 2.35. The predicted molar refractivity (Wildman–Crippen MR) is 119 cm³/mol. The van der Waals surface area contributed by atoms with Crippen molar-refractivity contribution in [2.75, 3.05) is 5.32 Å². The van der Waals surface area contributed by atoms with Gasteiger partial charge >= 0.3 is 0 Å². The van der Waals surface area contributed by atoms with E-state index in [2.05, 4.69) is 5.32 Å². The van der Waals surface area contributed by atoms with Crippen LogP contribution in [0.4, 0.5) is 5.69 Å². The van der Waals surface area contributed by atoms with E-state index in [4.69, 9.17) is 10.5 Å². The average Bonchev–Trinajstić information content (AvgIpc) is 2.76. The number of ether oxygens (including phenoxy) is 1. The molecule has 5 nitrogen and oxygen atoms in total. The summed E-state index contributed by atoms with van der Waals surface area (Å²) in [6, 6.07) is 23.3. The number of carbonyl (C=O) groups excluding carboxylic acids is 1. The number of nitrogens with two attached hydrogens (primary N) is 1. The lowest BCUT2D eigenvalue weighted by Gasteiger charge is -2.28. The minimum Gasteiger partial charge on any atom is -0.457 e. The van der Waals surface area contributed by atoms with E-state index in [1.54, 1.807) is 6.07 Å². The highest BCUT2D eigenvalue weighted by molar-refractivity contribution is 5.99. The van der Waals surface area contributed by atoms with Crippen molar-refractivity contribution in [3.8, 4) is 22.6 Å². The Morgan fingerprint density at radius 3 is 2.37 bits per heavy atom. The summed E-state index contributed by atoms with van der Waals surface area (Å²) in [5, 5.41) is 13.2. The lowest BCUT2D eigenvalue weighted by Crippen LogP contribution is -2.29. The van der Waals surface area contributed by atoms with Gasteiger partial charge in [-0.25, -0.2) is 0 Å². The lowest BCUT2D eigenvalue weighted by atomic mass is 9.92. The van der Waals surface area contributed by atoms with Gasteiger partial charge in [0.1, 0.15) is 11.5 Å². The first-order valence-electron chi connectivity index (χ1n) is 10.3. The molecule has 4 N–H and O–H groups in total. The molecule has 1 saturated carbocycles. The van der Waals surface area contributed by atoms with Crippen LogP contribution in [-0.4, -0.2) is 23.2 Å². The molecule has 0 aromatic heterocycles. The van der Waals surface area contributed by atoms with Crippen LogP contribution in [0.1, 0.15) is 36.0 Å². The number of aliphatic hydroxyl groups is 1. The highest BCUT2D eigenvalue weighted by atomic mass is 16.5. The van der Waals surface area contributed by atoms with Gasteiger partial charge in [0.15, 0.2) is 0 Å². The summed E-state index contributed by atoms with van der Waals surface area (Å²) in [6.45, 7) is 0. The van der Waals surface area contributed by atoms with Gasteiger partial charge in [0, 0.05) is 17.3 Å². The normalized spacial score (nSPS) is 18.6. The molecule has 0 aliphatic heterocycles. The van der Waals surface area contributed by atoms with Gasteiger partial charge in [0.2, 0.25) is 0 Å². The van der Waals surface area contributed by atoms with Crippen molar-refractivity contribution >= 4 is 11.6 Å². The van der Waals surface area contributed by atoms with E-state index < -0.39 is 5.91 Å². The molecule has 0 radical (unpaired) electrons. The second-order valence-electron chi connectivity index (χ2n) is 7.69. The largest absolute Gasteiger partial charge is 0.457 e.